The van der Waals surface area contributed by atoms with E-state index in [1.54, 1.807) is 0 Å². The molecule has 0 spiro atoms. The molecule has 0 radical (unpaired) electrons. The van der Waals surface area contributed by atoms with E-state index in [1.807, 2.05) is 0 Å². The molecule has 2 N–H and O–H groups in total. The number of hydrogen-bond acceptors (Lipinski definition) is 0. The molecular weight excluding hydrogens is 188 g/mol. The Morgan fingerprint density at radius 3 is 1.67 bits per heavy atom. The van der Waals surface area contributed by atoms with Crippen molar-refractivity contribution in [2.24, 2.45) is 0 Å². The van der Waals surface area contributed by atoms with Gasteiger partial charge in [-0.2, -0.15) is 9.13 Å². The Morgan fingerprint density at radius 1 is 0.733 bits per heavy atom. The van der Waals surface area contributed by atoms with E-state index in [4.69, 9.17) is 0 Å². The normalized spacial score (nSPS) is 12.3. The van der Waals surface area contributed by atoms with Crippen molar-refractivity contribution in [3.63, 3.8) is 0 Å². The Bertz CT molecular complexity index is 437. The fraction of sp³-hybridized carbons (Fsp3) is 0.167. The summed E-state index contributed by atoms with van der Waals surface area (Å²) in [5.74, 6) is 0. The molecule has 0 atom stereocenters. The highest BCUT2D eigenvalue weighted by atomic mass is 16.0. The van der Waals surface area contributed by atoms with Gasteiger partial charge in [0.2, 0.25) is 13.1 Å². The first kappa shape index (κ1) is 9.80. The van der Waals surface area contributed by atoms with Crippen LogP contribution in [0, 0.1) is 0 Å². The zero-order valence-electron chi connectivity index (χ0n) is 8.43. The van der Waals surface area contributed by atoms with E-state index in [0.717, 1.165) is 13.1 Å². The molecule has 76 valence electrons. The summed E-state index contributed by atoms with van der Waals surface area (Å²) in [4.78, 5) is 0. The lowest BCUT2D eigenvalue weighted by Gasteiger charge is -2.08. The number of hydrogen-bond donors (Lipinski definition) is 0. The zero-order valence-corrected chi connectivity index (χ0v) is 8.43. The summed E-state index contributed by atoms with van der Waals surface area (Å²) < 4.78 is 4.60. The second-order valence-corrected chi connectivity index (χ2v) is 3.56. The van der Waals surface area contributed by atoms with Gasteiger partial charge in [-0.1, -0.05) is 0 Å². The predicted molar refractivity (Wildman–Crippen MR) is 55.9 cm³/mol. The molecule has 0 saturated heterocycles. The summed E-state index contributed by atoms with van der Waals surface area (Å²) in [7, 11) is 0. The standard InChI is InChI=1S/C12H12N2.H2O/c1-3-7-13-9-10-14-8-4-2-6-12(14)11(13)5-1;/h1-8H,9-10H2;1H2/q+2;. The van der Waals surface area contributed by atoms with Crippen molar-refractivity contribution in [3.8, 4) is 11.4 Å². The summed E-state index contributed by atoms with van der Waals surface area (Å²) in [6.07, 6.45) is 4.29. The van der Waals surface area contributed by atoms with Gasteiger partial charge in [-0.3, -0.25) is 0 Å². The number of pyridine rings is 2. The lowest BCUT2D eigenvalue weighted by atomic mass is 10.2. The molecule has 3 heterocycles. The molecule has 3 nitrogen and oxygen atoms in total. The summed E-state index contributed by atoms with van der Waals surface area (Å²) in [6, 6.07) is 12.7. The average molecular weight is 202 g/mol. The minimum atomic E-state index is 0. The first-order valence-corrected chi connectivity index (χ1v) is 4.92. The largest absolute Gasteiger partial charge is 0.412 e. The molecule has 0 aromatic carbocycles. The maximum atomic E-state index is 2.30. The van der Waals surface area contributed by atoms with Crippen LogP contribution in [0.25, 0.3) is 11.4 Å². The maximum absolute atomic E-state index is 2.30. The van der Waals surface area contributed by atoms with Crippen LogP contribution in [-0.2, 0) is 13.1 Å². The van der Waals surface area contributed by atoms with Gasteiger partial charge in [0.1, 0.15) is 0 Å². The first-order valence-electron chi connectivity index (χ1n) is 4.92. The fourth-order valence-corrected chi connectivity index (χ4v) is 2.02. The van der Waals surface area contributed by atoms with Crippen LogP contribution in [0.2, 0.25) is 0 Å². The van der Waals surface area contributed by atoms with Crippen LogP contribution in [0.3, 0.4) is 0 Å². The SMILES string of the molecule is O.c1cc[n+]2c(c1)-c1cccc[n+]1CC2. The summed E-state index contributed by atoms with van der Waals surface area (Å²) in [6.45, 7) is 2.13. The average Bonchev–Trinajstić information content (AvgIpc) is 2.29. The van der Waals surface area contributed by atoms with Gasteiger partial charge in [0, 0.05) is 24.3 Å². The summed E-state index contributed by atoms with van der Waals surface area (Å²) in [5, 5.41) is 0. The van der Waals surface area contributed by atoms with Crippen molar-refractivity contribution in [2.75, 3.05) is 0 Å². The van der Waals surface area contributed by atoms with E-state index < -0.39 is 0 Å². The van der Waals surface area contributed by atoms with Crippen molar-refractivity contribution in [3.05, 3.63) is 48.8 Å². The third-order valence-corrected chi connectivity index (χ3v) is 2.73. The van der Waals surface area contributed by atoms with Crippen LogP contribution in [0.15, 0.2) is 48.8 Å². The van der Waals surface area contributed by atoms with E-state index in [0.29, 0.717) is 0 Å². The lowest BCUT2D eigenvalue weighted by Crippen LogP contribution is -2.52. The highest BCUT2D eigenvalue weighted by molar-refractivity contribution is 5.46. The molecule has 0 unspecified atom stereocenters. The van der Waals surface area contributed by atoms with Gasteiger partial charge >= 0.3 is 0 Å². The Balaban J connectivity index is 0.000000853. The number of aryl methyl sites for hydroxylation is 2. The van der Waals surface area contributed by atoms with Crippen LogP contribution in [0.1, 0.15) is 0 Å². The van der Waals surface area contributed by atoms with Crippen LogP contribution in [0.5, 0.6) is 0 Å². The van der Waals surface area contributed by atoms with E-state index >= 15 is 0 Å². The first-order chi connectivity index (χ1) is 6.95. The topological polar surface area (TPSA) is 39.3 Å². The molecule has 0 amide bonds. The molecule has 3 rings (SSSR count). The van der Waals surface area contributed by atoms with E-state index in [9.17, 15) is 0 Å². The monoisotopic (exact) mass is 202 g/mol. The number of fused-ring (bicyclic) bond motifs is 3. The molecule has 3 heteroatoms. The molecule has 2 aromatic rings. The summed E-state index contributed by atoms with van der Waals surface area (Å²) >= 11 is 0. The Labute approximate surface area is 88.6 Å². The van der Waals surface area contributed by atoms with Gasteiger partial charge in [-0.05, 0) is 12.1 Å². The highest BCUT2D eigenvalue weighted by Crippen LogP contribution is 2.11. The number of aromatic nitrogens is 2. The molecule has 0 saturated carbocycles. The van der Waals surface area contributed by atoms with Gasteiger partial charge in [0.25, 0.3) is 11.4 Å². The van der Waals surface area contributed by atoms with Crippen molar-refractivity contribution >= 4 is 0 Å². The van der Waals surface area contributed by atoms with Crippen molar-refractivity contribution in [1.29, 1.82) is 0 Å². The minimum absolute atomic E-state index is 0. The Kier molecular flexibility index (Phi) is 2.47. The molecule has 15 heavy (non-hydrogen) atoms. The lowest BCUT2D eigenvalue weighted by molar-refractivity contribution is -0.794. The van der Waals surface area contributed by atoms with E-state index in [2.05, 4.69) is 57.9 Å². The third kappa shape index (κ3) is 1.51. The van der Waals surface area contributed by atoms with Crippen LogP contribution in [0.4, 0.5) is 0 Å². The van der Waals surface area contributed by atoms with Crippen LogP contribution in [-0.4, -0.2) is 5.48 Å². The molecule has 0 bridgehead atoms. The van der Waals surface area contributed by atoms with Gasteiger partial charge in [-0.25, -0.2) is 0 Å². The molecule has 1 aliphatic rings. The second-order valence-electron chi connectivity index (χ2n) is 3.56. The predicted octanol–water partition coefficient (Wildman–Crippen LogP) is 0.117. The van der Waals surface area contributed by atoms with Crippen molar-refractivity contribution in [1.82, 2.24) is 0 Å². The van der Waals surface area contributed by atoms with Gasteiger partial charge in [0.05, 0.1) is 0 Å². The van der Waals surface area contributed by atoms with Gasteiger partial charge in [0.15, 0.2) is 12.4 Å². The fourth-order valence-electron chi connectivity index (χ4n) is 2.02. The smallest absolute Gasteiger partial charge is 0.277 e. The third-order valence-electron chi connectivity index (χ3n) is 2.73. The van der Waals surface area contributed by atoms with Crippen LogP contribution >= 0.6 is 0 Å². The molecule has 0 aliphatic carbocycles. The minimum Gasteiger partial charge on any atom is -0.412 e. The van der Waals surface area contributed by atoms with Gasteiger partial charge < -0.3 is 5.48 Å². The Morgan fingerprint density at radius 2 is 1.20 bits per heavy atom. The Hall–Kier alpha value is -1.74. The second kappa shape index (κ2) is 3.79. The molecule has 2 aromatic heterocycles. The van der Waals surface area contributed by atoms with Crippen LogP contribution < -0.4 is 9.13 Å². The summed E-state index contributed by atoms with van der Waals surface area (Å²) in [5.41, 5.74) is 2.61. The van der Waals surface area contributed by atoms with Crippen molar-refractivity contribution in [2.45, 2.75) is 13.1 Å². The molecule has 1 aliphatic heterocycles. The quantitative estimate of drug-likeness (QED) is 0.544. The maximum Gasteiger partial charge on any atom is 0.277 e. The van der Waals surface area contributed by atoms with Crippen molar-refractivity contribution < 1.29 is 14.6 Å². The number of rotatable bonds is 0. The molecular formula is C12H14N2O+2. The van der Waals surface area contributed by atoms with E-state index in [1.165, 1.54) is 11.4 Å². The van der Waals surface area contributed by atoms with E-state index in [-0.39, 0.29) is 5.48 Å². The highest BCUT2D eigenvalue weighted by Gasteiger charge is 2.27. The van der Waals surface area contributed by atoms with Gasteiger partial charge in [-0.15, -0.1) is 0 Å². The zero-order chi connectivity index (χ0) is 9.38. The molecule has 0 fully saturated rings. The number of nitrogens with zero attached hydrogens (tertiary/aromatic N) is 2.